The average Bonchev–Trinajstić information content (AvgIpc) is 3.21. The molecule has 11 nitrogen and oxygen atoms in total. The number of hydrogen-bond donors (Lipinski definition) is 7. The second kappa shape index (κ2) is 13.1. The molecule has 4 atom stereocenters. The van der Waals surface area contributed by atoms with Gasteiger partial charge in [-0.1, -0.05) is 0 Å². The van der Waals surface area contributed by atoms with Gasteiger partial charge in [0.05, 0.1) is 12.4 Å². The number of carboxylic acid groups (broad SMARTS) is 1. The molecule has 0 saturated heterocycles. The number of nitrogens with one attached hydrogen (secondary N) is 4. The topological polar surface area (TPSA) is 179 Å². The molecule has 0 radical (unpaired) electrons. The van der Waals surface area contributed by atoms with E-state index in [0.717, 1.165) is 0 Å². The lowest BCUT2D eigenvalue weighted by atomic mass is 10.1. The zero-order chi connectivity index (χ0) is 22.7. The van der Waals surface area contributed by atoms with Crippen LogP contribution in [0.3, 0.4) is 0 Å². The zero-order valence-corrected chi connectivity index (χ0v) is 18.5. The minimum Gasteiger partial charge on any atom is -0.480 e. The van der Waals surface area contributed by atoms with Crippen LogP contribution >= 0.6 is 24.4 Å². The van der Waals surface area contributed by atoms with Gasteiger partial charge in [0, 0.05) is 24.1 Å². The molecule has 0 aliphatic heterocycles. The molecule has 3 amide bonds. The van der Waals surface area contributed by atoms with Crippen molar-refractivity contribution < 1.29 is 24.3 Å². The molecule has 1 aromatic heterocycles. The van der Waals surface area contributed by atoms with Gasteiger partial charge in [0.15, 0.2) is 0 Å². The molecule has 0 aromatic carbocycles. The number of rotatable bonds is 13. The highest BCUT2D eigenvalue weighted by Crippen LogP contribution is 2.03. The third-order valence-corrected chi connectivity index (χ3v) is 5.13. The summed E-state index contributed by atoms with van der Waals surface area (Å²) in [5, 5.41) is 16.5. The van der Waals surface area contributed by atoms with Gasteiger partial charge in [0.2, 0.25) is 17.7 Å². The molecule has 168 valence electrons. The normalized spacial score (nSPS) is 14.8. The van der Waals surface area contributed by atoms with Gasteiger partial charge in [-0.05, 0) is 25.4 Å². The van der Waals surface area contributed by atoms with Crippen LogP contribution in [0.2, 0.25) is 0 Å². The van der Waals surface area contributed by atoms with Crippen LogP contribution in [0, 0.1) is 0 Å². The summed E-state index contributed by atoms with van der Waals surface area (Å²) in [7, 11) is 0. The van der Waals surface area contributed by atoms with Crippen molar-refractivity contribution in [3.8, 4) is 0 Å². The Morgan fingerprint density at radius 2 is 1.87 bits per heavy atom. The Kier molecular flexibility index (Phi) is 11.3. The number of thioether (sulfide) groups is 1. The summed E-state index contributed by atoms with van der Waals surface area (Å²) in [4.78, 5) is 55.0. The van der Waals surface area contributed by atoms with Crippen molar-refractivity contribution in [2.24, 2.45) is 5.73 Å². The summed E-state index contributed by atoms with van der Waals surface area (Å²) in [5.41, 5.74) is 6.53. The highest BCUT2D eigenvalue weighted by atomic mass is 32.2. The van der Waals surface area contributed by atoms with E-state index in [-0.39, 0.29) is 18.6 Å². The minimum absolute atomic E-state index is 0.0923. The molecule has 0 saturated carbocycles. The molecule has 0 aliphatic rings. The Bertz CT molecular complexity index is 718. The number of H-pyrrole nitrogens is 1. The second-order valence-corrected chi connectivity index (χ2v) is 7.89. The van der Waals surface area contributed by atoms with Crippen LogP contribution in [-0.4, -0.2) is 80.7 Å². The largest absolute Gasteiger partial charge is 0.480 e. The monoisotopic (exact) mass is 460 g/mol. The number of aliphatic carboxylic acids is 1. The fraction of sp³-hybridized carbons (Fsp3) is 0.588. The van der Waals surface area contributed by atoms with Gasteiger partial charge in [-0.25, -0.2) is 9.78 Å². The molecule has 1 aromatic rings. The van der Waals surface area contributed by atoms with Crippen molar-refractivity contribution in [2.45, 2.75) is 43.9 Å². The van der Waals surface area contributed by atoms with Crippen molar-refractivity contribution in [1.82, 2.24) is 25.9 Å². The first-order valence-corrected chi connectivity index (χ1v) is 11.2. The number of nitrogens with two attached hydrogens (primary N) is 1. The number of carbonyl (C=O) groups excluding carboxylic acids is 3. The number of carbonyl (C=O) groups is 4. The second-order valence-electron chi connectivity index (χ2n) is 6.54. The van der Waals surface area contributed by atoms with E-state index in [1.165, 1.54) is 25.0 Å². The summed E-state index contributed by atoms with van der Waals surface area (Å²) in [6.07, 6.45) is 5.37. The van der Waals surface area contributed by atoms with Gasteiger partial charge < -0.3 is 31.8 Å². The van der Waals surface area contributed by atoms with Crippen molar-refractivity contribution in [3.05, 3.63) is 18.2 Å². The van der Waals surface area contributed by atoms with Crippen molar-refractivity contribution >= 4 is 48.1 Å². The number of aromatic nitrogens is 2. The van der Waals surface area contributed by atoms with Crippen molar-refractivity contribution in [3.63, 3.8) is 0 Å². The molecule has 0 bridgehead atoms. The smallest absolute Gasteiger partial charge is 0.327 e. The van der Waals surface area contributed by atoms with Crippen molar-refractivity contribution in [1.29, 1.82) is 0 Å². The predicted octanol–water partition coefficient (Wildman–Crippen LogP) is -1.48. The van der Waals surface area contributed by atoms with Crippen LogP contribution in [0.15, 0.2) is 12.5 Å². The van der Waals surface area contributed by atoms with Crippen LogP contribution in [0.1, 0.15) is 19.0 Å². The fourth-order valence-corrected chi connectivity index (χ4v) is 3.09. The highest BCUT2D eigenvalue weighted by Gasteiger charge is 2.28. The first-order valence-electron chi connectivity index (χ1n) is 9.16. The molecular weight excluding hydrogens is 432 g/mol. The van der Waals surface area contributed by atoms with Crippen LogP contribution < -0.4 is 21.7 Å². The molecule has 1 heterocycles. The van der Waals surface area contributed by atoms with E-state index in [2.05, 4.69) is 38.5 Å². The van der Waals surface area contributed by atoms with Gasteiger partial charge >= 0.3 is 5.97 Å². The standard InChI is InChI=1S/C17H28N6O5S2/c1-9(21-15(25)11(18)5-10-6-19-8-20-10)14(24)22-12(3-4-30-2)16(26)23-13(7-29)17(27)28/h6,8-9,11-13,29H,3-5,7,18H2,1-2H3,(H,19,20)(H,21,25)(H,22,24)(H,23,26)(H,27,28). The summed E-state index contributed by atoms with van der Waals surface area (Å²) in [6.45, 7) is 1.47. The molecule has 13 heteroatoms. The van der Waals surface area contributed by atoms with E-state index >= 15 is 0 Å². The molecular formula is C17H28N6O5S2. The van der Waals surface area contributed by atoms with Gasteiger partial charge in [-0.15, -0.1) is 0 Å². The van der Waals surface area contributed by atoms with E-state index in [4.69, 9.17) is 10.8 Å². The Labute approximate surface area is 184 Å². The maximum atomic E-state index is 12.5. The van der Waals surface area contributed by atoms with E-state index in [9.17, 15) is 19.2 Å². The lowest BCUT2D eigenvalue weighted by Gasteiger charge is -2.23. The number of hydrogen-bond acceptors (Lipinski definition) is 8. The number of aromatic amines is 1. The maximum Gasteiger partial charge on any atom is 0.327 e. The quantitative estimate of drug-likeness (QED) is 0.174. The first-order chi connectivity index (χ1) is 14.2. The predicted molar refractivity (Wildman–Crippen MR) is 116 cm³/mol. The van der Waals surface area contributed by atoms with E-state index < -0.39 is 47.9 Å². The zero-order valence-electron chi connectivity index (χ0n) is 16.8. The van der Waals surface area contributed by atoms with E-state index in [1.54, 1.807) is 6.20 Å². The van der Waals surface area contributed by atoms with Crippen LogP contribution in [0.4, 0.5) is 0 Å². The number of nitrogens with zero attached hydrogens (tertiary/aromatic N) is 1. The molecule has 1 rings (SSSR count). The van der Waals surface area contributed by atoms with Crippen molar-refractivity contribution in [2.75, 3.05) is 17.8 Å². The third-order valence-electron chi connectivity index (χ3n) is 4.12. The number of carboxylic acids is 1. The molecule has 0 fully saturated rings. The summed E-state index contributed by atoms with van der Waals surface area (Å²) in [5.74, 6) is -2.50. The van der Waals surface area contributed by atoms with E-state index in [1.807, 2.05) is 6.26 Å². The number of imidazole rings is 1. The lowest BCUT2D eigenvalue weighted by Crippen LogP contribution is -2.56. The molecule has 4 unspecified atom stereocenters. The van der Waals surface area contributed by atoms with Gasteiger partial charge in [-0.3, -0.25) is 14.4 Å². The van der Waals surface area contributed by atoms with Gasteiger partial charge in [0.1, 0.15) is 18.1 Å². The third kappa shape index (κ3) is 8.63. The average molecular weight is 461 g/mol. The molecule has 0 spiro atoms. The Hall–Kier alpha value is -2.25. The van der Waals surface area contributed by atoms with Gasteiger partial charge in [-0.2, -0.15) is 24.4 Å². The number of amides is 3. The maximum absolute atomic E-state index is 12.5. The SMILES string of the molecule is CSCCC(NC(=O)C(C)NC(=O)C(N)Cc1cnc[nH]1)C(=O)NC(CS)C(=O)O. The Morgan fingerprint density at radius 1 is 1.20 bits per heavy atom. The van der Waals surface area contributed by atoms with E-state index in [0.29, 0.717) is 11.4 Å². The molecule has 7 N–H and O–H groups in total. The first kappa shape index (κ1) is 25.8. The van der Waals surface area contributed by atoms with Crippen LogP contribution in [0.5, 0.6) is 0 Å². The minimum atomic E-state index is -1.22. The van der Waals surface area contributed by atoms with Gasteiger partial charge in [0.25, 0.3) is 0 Å². The van der Waals surface area contributed by atoms with Crippen LogP contribution in [-0.2, 0) is 25.6 Å². The lowest BCUT2D eigenvalue weighted by molar-refractivity contribution is -0.141. The molecule has 0 aliphatic carbocycles. The summed E-state index contributed by atoms with van der Waals surface area (Å²) < 4.78 is 0. The Morgan fingerprint density at radius 3 is 2.40 bits per heavy atom. The summed E-state index contributed by atoms with van der Waals surface area (Å²) >= 11 is 5.38. The summed E-state index contributed by atoms with van der Waals surface area (Å²) in [6, 6.07) is -3.96. The fourth-order valence-electron chi connectivity index (χ4n) is 2.37. The highest BCUT2D eigenvalue weighted by molar-refractivity contribution is 7.98. The Balaban J connectivity index is 2.66. The van der Waals surface area contributed by atoms with Crippen LogP contribution in [0.25, 0.3) is 0 Å². The number of thiol groups is 1. The molecule has 30 heavy (non-hydrogen) atoms.